The number of para-hydroxylation sites is 1. The van der Waals surface area contributed by atoms with Crippen LogP contribution in [0, 0.1) is 11.8 Å². The molecule has 42 heavy (non-hydrogen) atoms. The molecule has 0 aliphatic carbocycles. The molecular formula is C33H44N8S. The lowest BCUT2D eigenvalue weighted by molar-refractivity contribution is 0.355. The van der Waals surface area contributed by atoms with E-state index in [-0.39, 0.29) is 0 Å². The lowest BCUT2D eigenvalue weighted by Crippen LogP contribution is -2.47. The van der Waals surface area contributed by atoms with Gasteiger partial charge in [0.2, 0.25) is 5.95 Å². The van der Waals surface area contributed by atoms with Gasteiger partial charge in [-0.05, 0) is 73.1 Å². The first-order valence-corrected chi connectivity index (χ1v) is 16.0. The molecule has 3 fully saturated rings. The van der Waals surface area contributed by atoms with Gasteiger partial charge in [0.25, 0.3) is 0 Å². The van der Waals surface area contributed by atoms with Crippen molar-refractivity contribution >= 4 is 46.3 Å². The monoisotopic (exact) mass is 584 g/mol. The Morgan fingerprint density at radius 3 is 1.98 bits per heavy atom. The Hall–Kier alpha value is -3.59. The van der Waals surface area contributed by atoms with Crippen LogP contribution in [0.5, 0.6) is 0 Å². The molecule has 3 aromatic rings. The zero-order chi connectivity index (χ0) is 28.9. The largest absolute Gasteiger partial charge is 0.372 e. The summed E-state index contributed by atoms with van der Waals surface area (Å²) in [7, 11) is 0. The van der Waals surface area contributed by atoms with E-state index in [1.165, 1.54) is 36.2 Å². The SMILES string of the molecule is C[C@@H]1C[C@H](C)CN(c2cc(N3CCN(c4ccccc4)CC3)nc(NC(=S)NCc3ccc(N4CCCC4)cc3)n2)C1. The summed E-state index contributed by atoms with van der Waals surface area (Å²) in [5.41, 5.74) is 3.78. The summed E-state index contributed by atoms with van der Waals surface area (Å²) in [4.78, 5) is 19.6. The van der Waals surface area contributed by atoms with Crippen molar-refractivity contribution in [2.24, 2.45) is 11.8 Å². The van der Waals surface area contributed by atoms with Crippen LogP contribution in [0.4, 0.5) is 29.0 Å². The molecule has 6 rings (SSSR count). The summed E-state index contributed by atoms with van der Waals surface area (Å²) in [6.07, 6.45) is 3.83. The summed E-state index contributed by atoms with van der Waals surface area (Å²) in [5.74, 6) is 3.77. The summed E-state index contributed by atoms with van der Waals surface area (Å²) in [6, 6.07) is 21.7. The minimum absolute atomic E-state index is 0.538. The van der Waals surface area contributed by atoms with Crippen LogP contribution in [0.25, 0.3) is 0 Å². The van der Waals surface area contributed by atoms with Crippen molar-refractivity contribution < 1.29 is 0 Å². The Kier molecular flexibility index (Phi) is 8.93. The third-order valence-electron chi connectivity index (χ3n) is 8.70. The van der Waals surface area contributed by atoms with Gasteiger partial charge in [-0.2, -0.15) is 9.97 Å². The third-order valence-corrected chi connectivity index (χ3v) is 8.95. The van der Waals surface area contributed by atoms with Gasteiger partial charge in [0, 0.05) is 76.3 Å². The lowest BCUT2D eigenvalue weighted by Gasteiger charge is -2.38. The number of nitrogens with zero attached hydrogens (tertiary/aromatic N) is 6. The molecule has 2 atom stereocenters. The molecule has 1 aromatic heterocycles. The second-order valence-electron chi connectivity index (χ2n) is 12.2. The summed E-state index contributed by atoms with van der Waals surface area (Å²) in [5, 5.41) is 7.21. The first kappa shape index (κ1) is 28.5. The number of nitrogens with one attached hydrogen (secondary N) is 2. The van der Waals surface area contributed by atoms with E-state index in [1.807, 2.05) is 0 Å². The average Bonchev–Trinajstić information content (AvgIpc) is 3.56. The molecule has 0 amide bonds. The molecule has 0 bridgehead atoms. The summed E-state index contributed by atoms with van der Waals surface area (Å²) < 4.78 is 0. The Labute approximate surface area is 256 Å². The number of hydrogen-bond donors (Lipinski definition) is 2. The Bertz CT molecular complexity index is 1310. The zero-order valence-electron chi connectivity index (χ0n) is 25.0. The molecule has 0 radical (unpaired) electrons. The number of thiocarbonyl (C=S) groups is 1. The molecule has 4 heterocycles. The molecule has 2 aromatic carbocycles. The van der Waals surface area contributed by atoms with Crippen LogP contribution in [-0.2, 0) is 6.54 Å². The predicted octanol–water partition coefficient (Wildman–Crippen LogP) is 5.37. The fourth-order valence-electron chi connectivity index (χ4n) is 6.61. The first-order valence-electron chi connectivity index (χ1n) is 15.6. The number of piperazine rings is 1. The second kappa shape index (κ2) is 13.2. The number of anilines is 5. The Morgan fingerprint density at radius 1 is 0.738 bits per heavy atom. The van der Waals surface area contributed by atoms with Gasteiger partial charge < -0.3 is 30.2 Å². The molecule has 9 heteroatoms. The van der Waals surface area contributed by atoms with E-state index in [0.29, 0.717) is 29.4 Å². The Balaban J connectivity index is 1.13. The zero-order valence-corrected chi connectivity index (χ0v) is 25.8. The maximum absolute atomic E-state index is 5.71. The van der Waals surface area contributed by atoms with E-state index in [9.17, 15) is 0 Å². The molecule has 3 aliphatic rings. The van der Waals surface area contributed by atoms with Gasteiger partial charge in [0.1, 0.15) is 11.6 Å². The van der Waals surface area contributed by atoms with Gasteiger partial charge in [0.15, 0.2) is 5.11 Å². The van der Waals surface area contributed by atoms with Crippen molar-refractivity contribution in [2.45, 2.75) is 39.7 Å². The first-order chi connectivity index (χ1) is 20.5. The molecule has 3 saturated heterocycles. The number of benzene rings is 2. The molecule has 222 valence electrons. The molecule has 8 nitrogen and oxygen atoms in total. The van der Waals surface area contributed by atoms with Gasteiger partial charge in [-0.1, -0.05) is 44.2 Å². The van der Waals surface area contributed by atoms with Gasteiger partial charge in [-0.3, -0.25) is 0 Å². The van der Waals surface area contributed by atoms with E-state index < -0.39 is 0 Å². The number of hydrogen-bond acceptors (Lipinski definition) is 7. The van der Waals surface area contributed by atoms with Gasteiger partial charge in [-0.25, -0.2) is 0 Å². The van der Waals surface area contributed by atoms with Gasteiger partial charge in [0.05, 0.1) is 0 Å². The lowest BCUT2D eigenvalue weighted by atomic mass is 9.92. The van der Waals surface area contributed by atoms with Crippen LogP contribution in [0.15, 0.2) is 60.7 Å². The molecule has 2 N–H and O–H groups in total. The highest BCUT2D eigenvalue weighted by atomic mass is 32.1. The fourth-order valence-corrected chi connectivity index (χ4v) is 6.78. The van der Waals surface area contributed by atoms with E-state index in [2.05, 4.69) is 105 Å². The fraction of sp³-hybridized carbons (Fsp3) is 0.485. The summed E-state index contributed by atoms with van der Waals surface area (Å²) in [6.45, 7) is 13.4. The molecule has 0 spiro atoms. The minimum atomic E-state index is 0.538. The number of aromatic nitrogens is 2. The van der Waals surface area contributed by atoms with E-state index in [4.69, 9.17) is 22.2 Å². The molecule has 3 aliphatic heterocycles. The molecule has 0 unspecified atom stereocenters. The summed E-state index contributed by atoms with van der Waals surface area (Å²) >= 11 is 5.71. The van der Waals surface area contributed by atoms with Crippen molar-refractivity contribution in [1.29, 1.82) is 0 Å². The van der Waals surface area contributed by atoms with Crippen LogP contribution in [0.1, 0.15) is 38.7 Å². The third kappa shape index (κ3) is 7.06. The van der Waals surface area contributed by atoms with Crippen molar-refractivity contribution in [3.8, 4) is 0 Å². The van der Waals surface area contributed by atoms with E-state index >= 15 is 0 Å². The predicted molar refractivity (Wildman–Crippen MR) is 179 cm³/mol. The van der Waals surface area contributed by atoms with Crippen LogP contribution in [0.3, 0.4) is 0 Å². The van der Waals surface area contributed by atoms with Crippen molar-refractivity contribution in [3.63, 3.8) is 0 Å². The highest BCUT2D eigenvalue weighted by Crippen LogP contribution is 2.29. The minimum Gasteiger partial charge on any atom is -0.372 e. The number of piperidine rings is 1. The molecule has 0 saturated carbocycles. The maximum atomic E-state index is 5.71. The van der Waals surface area contributed by atoms with Crippen LogP contribution in [0.2, 0.25) is 0 Å². The highest BCUT2D eigenvalue weighted by molar-refractivity contribution is 7.80. The second-order valence-corrected chi connectivity index (χ2v) is 12.6. The van der Waals surface area contributed by atoms with E-state index in [0.717, 1.165) is 64.0 Å². The molecular weight excluding hydrogens is 540 g/mol. The van der Waals surface area contributed by atoms with Crippen molar-refractivity contribution in [1.82, 2.24) is 15.3 Å². The van der Waals surface area contributed by atoms with Crippen LogP contribution >= 0.6 is 12.2 Å². The normalized spacial score (nSPS) is 21.0. The number of rotatable bonds is 7. The Morgan fingerprint density at radius 2 is 1.31 bits per heavy atom. The highest BCUT2D eigenvalue weighted by Gasteiger charge is 2.26. The quantitative estimate of drug-likeness (QED) is 0.357. The van der Waals surface area contributed by atoms with Crippen LogP contribution < -0.4 is 30.2 Å². The topological polar surface area (TPSA) is 62.8 Å². The standard InChI is InChI=1S/C33H44N8S/c1-25-20-26(2)24-41(23-25)31-21-30(40-18-16-39(17-19-40)28-8-4-3-5-9-28)35-32(36-31)37-33(42)34-22-27-10-12-29(13-11-27)38-14-6-7-15-38/h3-5,8-13,21,25-26H,6-7,14-20,22-24H2,1-2H3,(H2,34,35,36,37,42)/t25-,26+. The average molecular weight is 585 g/mol. The smallest absolute Gasteiger partial charge is 0.232 e. The van der Waals surface area contributed by atoms with Gasteiger partial charge >= 0.3 is 0 Å². The van der Waals surface area contributed by atoms with E-state index in [1.54, 1.807) is 0 Å². The van der Waals surface area contributed by atoms with Crippen LogP contribution in [-0.4, -0.2) is 67.4 Å². The maximum Gasteiger partial charge on any atom is 0.232 e. The van der Waals surface area contributed by atoms with Crippen molar-refractivity contribution in [2.75, 3.05) is 77.3 Å². The van der Waals surface area contributed by atoms with Crippen molar-refractivity contribution in [3.05, 3.63) is 66.2 Å². The van der Waals surface area contributed by atoms with Gasteiger partial charge in [-0.15, -0.1) is 0 Å².